The van der Waals surface area contributed by atoms with E-state index in [-0.39, 0.29) is 43.1 Å². The van der Waals surface area contributed by atoms with Gasteiger partial charge < -0.3 is 30.3 Å². The van der Waals surface area contributed by atoms with Crippen molar-refractivity contribution in [3.05, 3.63) is 83.9 Å². The van der Waals surface area contributed by atoms with Crippen molar-refractivity contribution in [1.82, 2.24) is 4.90 Å². The fourth-order valence-corrected chi connectivity index (χ4v) is 4.98. The quantitative estimate of drug-likeness (QED) is 0.430. The van der Waals surface area contributed by atoms with Crippen LogP contribution in [0, 0.1) is 6.92 Å². The number of nitrogens with zero attached hydrogens (tertiary/aromatic N) is 1. The number of benzene rings is 3. The van der Waals surface area contributed by atoms with Crippen LogP contribution < -0.4 is 20.7 Å². The maximum atomic E-state index is 13.5. The van der Waals surface area contributed by atoms with Gasteiger partial charge in [-0.05, 0) is 62.2 Å². The molecule has 9 nitrogen and oxygen atoms in total. The molecule has 3 aromatic rings. The number of hydrogen-bond acceptors (Lipinski definition) is 5. The number of rotatable bonds is 5. The molecule has 5 rings (SSSR count). The van der Waals surface area contributed by atoms with Crippen molar-refractivity contribution in [3.8, 4) is 5.75 Å². The normalized spacial score (nSPS) is 20.4. The molecule has 0 spiro atoms. The Morgan fingerprint density at radius 3 is 2.36 bits per heavy atom. The molecule has 9 heteroatoms. The van der Waals surface area contributed by atoms with Crippen LogP contribution in [0.15, 0.2) is 72.8 Å². The van der Waals surface area contributed by atoms with E-state index in [2.05, 4.69) is 16.0 Å². The number of urea groups is 1. The summed E-state index contributed by atoms with van der Waals surface area (Å²) in [5.41, 5.74) is 3.38. The van der Waals surface area contributed by atoms with Gasteiger partial charge in [-0.25, -0.2) is 4.79 Å². The molecular formula is C30H32N4O5. The zero-order chi connectivity index (χ0) is 27.4. The minimum Gasteiger partial charge on any atom is -0.490 e. The summed E-state index contributed by atoms with van der Waals surface area (Å²) < 4.78 is 12.3. The lowest BCUT2D eigenvalue weighted by molar-refractivity contribution is -0.130. The Morgan fingerprint density at radius 1 is 0.897 bits per heavy atom. The van der Waals surface area contributed by atoms with E-state index in [0.717, 1.165) is 11.3 Å². The molecule has 2 aliphatic rings. The smallest absolute Gasteiger partial charge is 0.323 e. The van der Waals surface area contributed by atoms with Gasteiger partial charge in [0.2, 0.25) is 5.91 Å². The molecule has 0 unspecified atom stereocenters. The second kappa shape index (κ2) is 11.6. The lowest BCUT2D eigenvalue weighted by atomic mass is 9.94. The Labute approximate surface area is 227 Å². The molecule has 1 fully saturated rings. The summed E-state index contributed by atoms with van der Waals surface area (Å²) in [5.74, 6) is 0.0910. The number of ether oxygens (including phenoxy) is 2. The van der Waals surface area contributed by atoms with Gasteiger partial charge in [0.05, 0.1) is 24.1 Å². The van der Waals surface area contributed by atoms with Gasteiger partial charge in [-0.2, -0.15) is 0 Å². The van der Waals surface area contributed by atoms with E-state index < -0.39 is 6.03 Å². The standard InChI is InChI=1S/C30H32N4O5/c1-19-8-10-21(11-9-19)31-28(35)17-23-13-14-25-27(39-23)18-38-26-15-12-22(16-24(26)29(36)34(25)2)33-30(37)32-20-6-4-3-5-7-20/h3-12,15-16,23,25,27H,13-14,17-18H2,1-2H3,(H,31,35)(H2,32,33,37)/t23-,25+,27-/m1/s1. The first-order valence-electron chi connectivity index (χ1n) is 13.0. The van der Waals surface area contributed by atoms with Gasteiger partial charge in [-0.3, -0.25) is 9.59 Å². The van der Waals surface area contributed by atoms with Crippen LogP contribution in [0.2, 0.25) is 0 Å². The van der Waals surface area contributed by atoms with Gasteiger partial charge >= 0.3 is 6.03 Å². The van der Waals surface area contributed by atoms with Crippen LogP contribution in [-0.2, 0) is 9.53 Å². The molecule has 0 saturated carbocycles. The molecule has 0 aliphatic carbocycles. The number of anilines is 3. The third-order valence-electron chi connectivity index (χ3n) is 7.05. The molecule has 39 heavy (non-hydrogen) atoms. The highest BCUT2D eigenvalue weighted by Gasteiger charge is 2.39. The number of amides is 4. The van der Waals surface area contributed by atoms with Crippen LogP contribution in [0.5, 0.6) is 5.75 Å². The number of fused-ring (bicyclic) bond motifs is 2. The van der Waals surface area contributed by atoms with Crippen molar-refractivity contribution in [2.75, 3.05) is 29.6 Å². The Morgan fingerprint density at radius 2 is 1.59 bits per heavy atom. The van der Waals surface area contributed by atoms with Crippen LogP contribution >= 0.6 is 0 Å². The fourth-order valence-electron chi connectivity index (χ4n) is 4.98. The number of para-hydroxylation sites is 1. The summed E-state index contributed by atoms with van der Waals surface area (Å²) in [4.78, 5) is 40.2. The van der Waals surface area contributed by atoms with Crippen LogP contribution in [0.1, 0.15) is 35.2 Å². The third kappa shape index (κ3) is 6.38. The largest absolute Gasteiger partial charge is 0.490 e. The van der Waals surface area contributed by atoms with E-state index in [9.17, 15) is 14.4 Å². The lowest BCUT2D eigenvalue weighted by Crippen LogP contribution is -2.53. The van der Waals surface area contributed by atoms with Crippen LogP contribution in [0.4, 0.5) is 21.9 Å². The number of likely N-dealkylation sites (N-methyl/N-ethyl adjacent to an activating group) is 1. The molecule has 202 valence electrons. The summed E-state index contributed by atoms with van der Waals surface area (Å²) in [6, 6.07) is 21.1. The van der Waals surface area contributed by atoms with Crippen molar-refractivity contribution in [3.63, 3.8) is 0 Å². The van der Waals surface area contributed by atoms with E-state index in [1.54, 1.807) is 42.3 Å². The average Bonchev–Trinajstić information content (AvgIpc) is 2.93. The lowest BCUT2D eigenvalue weighted by Gasteiger charge is -2.42. The number of aryl methyl sites for hydroxylation is 1. The first-order valence-corrected chi connectivity index (χ1v) is 13.0. The van der Waals surface area contributed by atoms with Gasteiger partial charge in [0.25, 0.3) is 5.91 Å². The maximum absolute atomic E-state index is 13.5. The Balaban J connectivity index is 1.22. The highest BCUT2D eigenvalue weighted by atomic mass is 16.5. The molecule has 2 heterocycles. The van der Waals surface area contributed by atoms with E-state index >= 15 is 0 Å². The van der Waals surface area contributed by atoms with Crippen LogP contribution in [0.3, 0.4) is 0 Å². The molecule has 2 aliphatic heterocycles. The summed E-state index contributed by atoms with van der Waals surface area (Å²) in [5, 5.41) is 8.46. The Bertz CT molecular complexity index is 1350. The van der Waals surface area contributed by atoms with Crippen molar-refractivity contribution in [1.29, 1.82) is 0 Å². The summed E-state index contributed by atoms with van der Waals surface area (Å²) in [6.07, 6.45) is 0.926. The number of nitrogens with one attached hydrogen (secondary N) is 3. The minimum absolute atomic E-state index is 0.111. The van der Waals surface area contributed by atoms with Gasteiger partial charge in [0.1, 0.15) is 18.5 Å². The van der Waals surface area contributed by atoms with Gasteiger partial charge in [0, 0.05) is 24.1 Å². The average molecular weight is 529 g/mol. The zero-order valence-corrected chi connectivity index (χ0v) is 22.0. The topological polar surface area (TPSA) is 109 Å². The van der Waals surface area contributed by atoms with Gasteiger partial charge in [-0.1, -0.05) is 35.9 Å². The van der Waals surface area contributed by atoms with E-state index in [4.69, 9.17) is 9.47 Å². The maximum Gasteiger partial charge on any atom is 0.323 e. The van der Waals surface area contributed by atoms with Crippen LogP contribution in [-0.4, -0.2) is 54.6 Å². The predicted octanol–water partition coefficient (Wildman–Crippen LogP) is 5.05. The monoisotopic (exact) mass is 528 g/mol. The number of carbonyl (C=O) groups is 3. The second-order valence-electron chi connectivity index (χ2n) is 9.94. The van der Waals surface area contributed by atoms with Crippen molar-refractivity contribution in [2.45, 2.75) is 44.4 Å². The summed E-state index contributed by atoms with van der Waals surface area (Å²) in [7, 11) is 1.76. The first kappa shape index (κ1) is 26.2. The first-order chi connectivity index (χ1) is 18.9. The van der Waals surface area contributed by atoms with Gasteiger partial charge in [-0.15, -0.1) is 0 Å². The molecule has 3 N–H and O–H groups in total. The van der Waals surface area contributed by atoms with Gasteiger partial charge in [0.15, 0.2) is 0 Å². The fraction of sp³-hybridized carbons (Fsp3) is 0.300. The molecule has 0 radical (unpaired) electrons. The molecule has 4 amide bonds. The minimum atomic E-state index is -0.410. The molecule has 1 saturated heterocycles. The highest BCUT2D eigenvalue weighted by molar-refractivity contribution is 6.02. The molecule has 0 bridgehead atoms. The molecule has 0 aromatic heterocycles. The van der Waals surface area contributed by atoms with E-state index in [1.165, 1.54) is 0 Å². The molecular weight excluding hydrogens is 496 g/mol. The SMILES string of the molecule is Cc1ccc(NC(=O)C[C@H]2CC[C@H]3[C@@H](COc4ccc(NC(=O)Nc5ccccc5)cc4C(=O)N3C)O2)cc1. The summed E-state index contributed by atoms with van der Waals surface area (Å²) >= 11 is 0. The highest BCUT2D eigenvalue weighted by Crippen LogP contribution is 2.32. The third-order valence-corrected chi connectivity index (χ3v) is 7.05. The Kier molecular flexibility index (Phi) is 7.79. The second-order valence-corrected chi connectivity index (χ2v) is 9.94. The Hall–Kier alpha value is -4.37. The number of carbonyl (C=O) groups excluding carboxylic acids is 3. The van der Waals surface area contributed by atoms with E-state index in [0.29, 0.717) is 35.5 Å². The van der Waals surface area contributed by atoms with Crippen molar-refractivity contribution >= 4 is 34.9 Å². The van der Waals surface area contributed by atoms with E-state index in [1.807, 2.05) is 49.4 Å². The summed E-state index contributed by atoms with van der Waals surface area (Å²) in [6.45, 7) is 2.24. The number of hydrogen-bond donors (Lipinski definition) is 3. The predicted molar refractivity (Wildman–Crippen MR) is 149 cm³/mol. The zero-order valence-electron chi connectivity index (χ0n) is 22.0. The molecule has 3 aromatic carbocycles. The van der Waals surface area contributed by atoms with Crippen molar-refractivity contribution < 1.29 is 23.9 Å². The molecule has 3 atom stereocenters. The van der Waals surface area contributed by atoms with Crippen molar-refractivity contribution in [2.24, 2.45) is 0 Å². The van der Waals surface area contributed by atoms with Crippen LogP contribution in [0.25, 0.3) is 0 Å².